The molecule has 1 unspecified atom stereocenters. The first kappa shape index (κ1) is 27.5. The molecule has 0 aromatic heterocycles. The molecule has 9 nitrogen and oxygen atoms in total. The number of sulfonamides is 2. The van der Waals surface area contributed by atoms with Crippen LogP contribution in [0.4, 0.5) is 5.69 Å². The fourth-order valence-electron chi connectivity index (χ4n) is 3.86. The molecule has 1 heterocycles. The van der Waals surface area contributed by atoms with E-state index in [9.17, 15) is 26.4 Å². The number of rotatable bonds is 7. The lowest BCUT2D eigenvalue weighted by atomic mass is 10.2. The maximum atomic E-state index is 13.8. The lowest BCUT2D eigenvalue weighted by Crippen LogP contribution is -2.45. The quantitative estimate of drug-likeness (QED) is 0.409. The van der Waals surface area contributed by atoms with E-state index in [0.29, 0.717) is 5.56 Å². The lowest BCUT2D eigenvalue weighted by molar-refractivity contribution is -0.122. The minimum Gasteiger partial charge on any atom is -0.274 e. The number of imide groups is 1. The molecular formula is C23H18Cl3N3O6S2. The van der Waals surface area contributed by atoms with Gasteiger partial charge in [0.1, 0.15) is 10.9 Å². The standard InChI is InChI=1S/C23H18Cl3N3O6S2/c24-15-5-10-19(26)21(11-15)37(34,35)28(13-14-3-1-2-4-18(14)25)20-12-22(30)29(23(20)31)16-6-8-17(9-7-16)36(27,32)33/h1-11,20H,12-13H2,(H2,27,32,33). The molecule has 3 aromatic carbocycles. The molecular weight excluding hydrogens is 585 g/mol. The highest BCUT2D eigenvalue weighted by atomic mass is 35.5. The second kappa shape index (κ2) is 10.3. The summed E-state index contributed by atoms with van der Waals surface area (Å²) in [5, 5.41) is 5.34. The monoisotopic (exact) mass is 601 g/mol. The Kier molecular flexibility index (Phi) is 7.69. The Hall–Kier alpha value is -2.51. The summed E-state index contributed by atoms with van der Waals surface area (Å²) in [4.78, 5) is 26.7. The van der Waals surface area contributed by atoms with Crippen LogP contribution in [0, 0.1) is 0 Å². The molecule has 0 aliphatic carbocycles. The van der Waals surface area contributed by atoms with Crippen molar-refractivity contribution in [1.29, 1.82) is 0 Å². The number of benzene rings is 3. The summed E-state index contributed by atoms with van der Waals surface area (Å²) in [7, 11) is -8.48. The third-order valence-electron chi connectivity index (χ3n) is 5.66. The fourth-order valence-corrected chi connectivity index (χ4v) is 6.87. The minimum atomic E-state index is -4.48. The molecule has 3 aromatic rings. The van der Waals surface area contributed by atoms with Crippen LogP contribution in [0.5, 0.6) is 0 Å². The lowest BCUT2D eigenvalue weighted by Gasteiger charge is -2.27. The van der Waals surface area contributed by atoms with Crippen molar-refractivity contribution in [3.05, 3.63) is 87.4 Å². The van der Waals surface area contributed by atoms with Crippen molar-refractivity contribution in [3.8, 4) is 0 Å². The number of anilines is 1. The molecule has 1 atom stereocenters. The van der Waals surface area contributed by atoms with E-state index >= 15 is 0 Å². The summed E-state index contributed by atoms with van der Waals surface area (Å²) in [6, 6.07) is 13.7. The number of amides is 2. The smallest absolute Gasteiger partial charge is 0.252 e. The van der Waals surface area contributed by atoms with E-state index in [4.69, 9.17) is 39.9 Å². The number of nitrogens with zero attached hydrogens (tertiary/aromatic N) is 2. The summed E-state index contributed by atoms with van der Waals surface area (Å²) in [5.41, 5.74) is 0.447. The van der Waals surface area contributed by atoms with E-state index < -0.39 is 44.3 Å². The van der Waals surface area contributed by atoms with Crippen molar-refractivity contribution in [2.75, 3.05) is 4.90 Å². The summed E-state index contributed by atoms with van der Waals surface area (Å²) in [6.07, 6.45) is -0.475. The Labute approximate surface area is 228 Å². The van der Waals surface area contributed by atoms with E-state index in [1.807, 2.05) is 0 Å². The highest BCUT2D eigenvalue weighted by Gasteiger charge is 2.47. The molecule has 37 heavy (non-hydrogen) atoms. The van der Waals surface area contributed by atoms with Crippen LogP contribution in [0.3, 0.4) is 0 Å². The average Bonchev–Trinajstić information content (AvgIpc) is 3.12. The van der Waals surface area contributed by atoms with E-state index in [1.165, 1.54) is 24.3 Å². The summed E-state index contributed by atoms with van der Waals surface area (Å²) in [5.74, 6) is -1.52. The van der Waals surface area contributed by atoms with Crippen LogP contribution in [0.25, 0.3) is 0 Å². The predicted octanol–water partition coefficient (Wildman–Crippen LogP) is 3.82. The van der Waals surface area contributed by atoms with Gasteiger partial charge in [0.2, 0.25) is 26.0 Å². The van der Waals surface area contributed by atoms with Gasteiger partial charge in [-0.2, -0.15) is 4.31 Å². The Balaban J connectivity index is 1.78. The van der Waals surface area contributed by atoms with Crippen LogP contribution in [-0.4, -0.2) is 39.0 Å². The average molecular weight is 603 g/mol. The summed E-state index contributed by atoms with van der Waals surface area (Å²) >= 11 is 18.5. The van der Waals surface area contributed by atoms with E-state index in [2.05, 4.69) is 0 Å². The zero-order valence-corrected chi connectivity index (χ0v) is 22.6. The second-order valence-corrected chi connectivity index (χ2v) is 12.7. The zero-order chi connectivity index (χ0) is 27.1. The number of hydrogen-bond acceptors (Lipinski definition) is 6. The van der Waals surface area contributed by atoms with Crippen LogP contribution >= 0.6 is 34.8 Å². The van der Waals surface area contributed by atoms with Crippen LogP contribution in [0.1, 0.15) is 12.0 Å². The summed E-state index contributed by atoms with van der Waals surface area (Å²) in [6.45, 7) is -0.341. The van der Waals surface area contributed by atoms with Crippen LogP contribution in [0.2, 0.25) is 15.1 Å². The molecule has 1 aliphatic heterocycles. The van der Waals surface area contributed by atoms with E-state index in [1.54, 1.807) is 24.3 Å². The molecule has 0 radical (unpaired) electrons. The molecule has 0 bridgehead atoms. The maximum Gasteiger partial charge on any atom is 0.252 e. The van der Waals surface area contributed by atoms with Crippen LogP contribution in [0.15, 0.2) is 76.5 Å². The number of nitrogens with two attached hydrogens (primary N) is 1. The molecule has 4 rings (SSSR count). The van der Waals surface area contributed by atoms with E-state index in [0.717, 1.165) is 27.4 Å². The van der Waals surface area contributed by atoms with Gasteiger partial charge >= 0.3 is 0 Å². The normalized spacial score (nSPS) is 16.6. The van der Waals surface area contributed by atoms with Gasteiger partial charge in [-0.05, 0) is 54.1 Å². The Bertz CT molecular complexity index is 1610. The molecule has 2 N–H and O–H groups in total. The van der Waals surface area contributed by atoms with Crippen molar-refractivity contribution in [1.82, 2.24) is 4.31 Å². The molecule has 0 saturated carbocycles. The van der Waals surface area contributed by atoms with Gasteiger partial charge in [0, 0.05) is 16.6 Å². The third-order valence-corrected chi connectivity index (χ3v) is 9.53. The number of hydrogen-bond donors (Lipinski definition) is 1. The number of carbonyl (C=O) groups excluding carboxylic acids is 2. The Morgan fingerprint density at radius 2 is 1.54 bits per heavy atom. The predicted molar refractivity (Wildman–Crippen MR) is 139 cm³/mol. The van der Waals surface area contributed by atoms with Gasteiger partial charge in [-0.3, -0.25) is 9.59 Å². The van der Waals surface area contributed by atoms with Crippen molar-refractivity contribution in [2.45, 2.75) is 28.8 Å². The topological polar surface area (TPSA) is 135 Å². The van der Waals surface area contributed by atoms with Gasteiger partial charge in [-0.25, -0.2) is 26.9 Å². The zero-order valence-electron chi connectivity index (χ0n) is 18.7. The maximum absolute atomic E-state index is 13.8. The third kappa shape index (κ3) is 5.53. The first-order valence-electron chi connectivity index (χ1n) is 10.5. The van der Waals surface area contributed by atoms with Crippen molar-refractivity contribution in [3.63, 3.8) is 0 Å². The number of carbonyl (C=O) groups is 2. The minimum absolute atomic E-state index is 0.0563. The van der Waals surface area contributed by atoms with Gasteiger partial charge in [-0.1, -0.05) is 53.0 Å². The molecule has 2 amide bonds. The van der Waals surface area contributed by atoms with Crippen LogP contribution in [-0.2, 0) is 36.2 Å². The second-order valence-electron chi connectivity index (χ2n) is 8.04. The van der Waals surface area contributed by atoms with Gasteiger partial charge in [0.05, 0.1) is 22.0 Å². The van der Waals surface area contributed by atoms with Gasteiger partial charge < -0.3 is 0 Å². The highest BCUT2D eigenvalue weighted by Crippen LogP contribution is 2.35. The molecule has 1 aliphatic rings. The SMILES string of the molecule is NS(=O)(=O)c1ccc(N2C(=O)CC(N(Cc3ccccc3Cl)S(=O)(=O)c3cc(Cl)ccc3Cl)C2=O)cc1. The van der Waals surface area contributed by atoms with Gasteiger partial charge in [0.25, 0.3) is 5.91 Å². The van der Waals surface area contributed by atoms with Crippen LogP contribution < -0.4 is 10.0 Å². The van der Waals surface area contributed by atoms with Gasteiger partial charge in [-0.15, -0.1) is 0 Å². The largest absolute Gasteiger partial charge is 0.274 e. The molecule has 14 heteroatoms. The fraction of sp³-hybridized carbons (Fsp3) is 0.130. The van der Waals surface area contributed by atoms with E-state index in [-0.39, 0.29) is 37.1 Å². The number of primary sulfonamides is 1. The molecule has 194 valence electrons. The van der Waals surface area contributed by atoms with Gasteiger partial charge in [0.15, 0.2) is 0 Å². The van der Waals surface area contributed by atoms with Crippen molar-refractivity contribution in [2.24, 2.45) is 5.14 Å². The summed E-state index contributed by atoms with van der Waals surface area (Å²) < 4.78 is 51.7. The number of halogens is 3. The first-order chi connectivity index (χ1) is 17.3. The molecule has 1 saturated heterocycles. The highest BCUT2D eigenvalue weighted by molar-refractivity contribution is 7.89. The van der Waals surface area contributed by atoms with Crippen molar-refractivity contribution < 1.29 is 26.4 Å². The van der Waals surface area contributed by atoms with Crippen molar-refractivity contribution >= 4 is 72.4 Å². The molecule has 1 fully saturated rings. The first-order valence-corrected chi connectivity index (χ1v) is 14.6. The Morgan fingerprint density at radius 3 is 2.16 bits per heavy atom. The Morgan fingerprint density at radius 1 is 0.892 bits per heavy atom. The molecule has 0 spiro atoms.